The van der Waals surface area contributed by atoms with Gasteiger partial charge in [0.15, 0.2) is 0 Å². The molecule has 0 aliphatic carbocycles. The smallest absolute Gasteiger partial charge is 0.230 e. The molecule has 0 spiro atoms. The Morgan fingerprint density at radius 1 is 0.968 bits per heavy atom. The van der Waals surface area contributed by atoms with Gasteiger partial charge in [-0.2, -0.15) is 4.98 Å². The Hall–Kier alpha value is -3.48. The van der Waals surface area contributed by atoms with Crippen molar-refractivity contribution in [2.45, 2.75) is 25.2 Å². The van der Waals surface area contributed by atoms with Gasteiger partial charge in [0.2, 0.25) is 23.5 Å². The molecule has 2 amide bonds. The Balaban J connectivity index is 1.19. The summed E-state index contributed by atoms with van der Waals surface area (Å²) in [4.78, 5) is 33.7. The minimum Gasteiger partial charge on any atom is -0.342 e. The predicted octanol–water partition coefficient (Wildman–Crippen LogP) is 3.50. The van der Waals surface area contributed by atoms with Gasteiger partial charge in [-0.25, -0.2) is 0 Å². The molecule has 7 heteroatoms. The first-order valence-corrected chi connectivity index (χ1v) is 10.7. The fraction of sp³-hybridized carbons (Fsp3) is 0.333. The minimum atomic E-state index is -0.280. The number of amides is 2. The maximum absolute atomic E-state index is 13.1. The van der Waals surface area contributed by atoms with Crippen LogP contribution in [0.2, 0.25) is 0 Å². The highest BCUT2D eigenvalue weighted by atomic mass is 16.5. The number of hydrogen-bond donors (Lipinski definition) is 0. The van der Waals surface area contributed by atoms with Crippen molar-refractivity contribution in [1.29, 1.82) is 0 Å². The molecule has 1 atom stereocenters. The molecule has 0 unspecified atom stereocenters. The van der Waals surface area contributed by atoms with Crippen molar-refractivity contribution in [2.24, 2.45) is 5.92 Å². The summed E-state index contributed by atoms with van der Waals surface area (Å²) in [5.74, 6) is 1.19. The number of likely N-dealkylation sites (tertiary alicyclic amines) is 1. The largest absolute Gasteiger partial charge is 0.342 e. The van der Waals surface area contributed by atoms with Crippen LogP contribution < -0.4 is 4.90 Å². The van der Waals surface area contributed by atoms with Gasteiger partial charge >= 0.3 is 0 Å². The highest BCUT2D eigenvalue weighted by Crippen LogP contribution is 2.31. The van der Waals surface area contributed by atoms with Gasteiger partial charge in [-0.1, -0.05) is 53.7 Å². The number of nitrogens with zero attached hydrogens (tertiary/aromatic N) is 4. The van der Waals surface area contributed by atoms with Crippen LogP contribution in [0.25, 0.3) is 11.4 Å². The monoisotopic (exact) mass is 416 g/mol. The Morgan fingerprint density at radius 2 is 1.65 bits per heavy atom. The number of hydrogen-bond acceptors (Lipinski definition) is 5. The summed E-state index contributed by atoms with van der Waals surface area (Å²) in [6.07, 6.45) is 1.84. The molecule has 2 fully saturated rings. The predicted molar refractivity (Wildman–Crippen MR) is 115 cm³/mol. The van der Waals surface area contributed by atoms with Crippen LogP contribution in [0, 0.1) is 5.92 Å². The number of anilines is 1. The molecule has 2 aromatic carbocycles. The maximum Gasteiger partial charge on any atom is 0.230 e. The van der Waals surface area contributed by atoms with Gasteiger partial charge in [0.1, 0.15) is 0 Å². The van der Waals surface area contributed by atoms with Crippen LogP contribution in [-0.2, 0) is 9.59 Å². The van der Waals surface area contributed by atoms with Crippen LogP contribution in [0.3, 0.4) is 0 Å². The summed E-state index contributed by atoms with van der Waals surface area (Å²) < 4.78 is 5.52. The average molecular weight is 416 g/mol. The fourth-order valence-electron chi connectivity index (χ4n) is 4.44. The summed E-state index contributed by atoms with van der Waals surface area (Å²) in [6, 6.07) is 19.3. The normalized spacial score (nSPS) is 19.7. The van der Waals surface area contributed by atoms with E-state index in [4.69, 9.17) is 4.52 Å². The van der Waals surface area contributed by atoms with E-state index in [1.165, 1.54) is 0 Å². The van der Waals surface area contributed by atoms with Gasteiger partial charge in [-0.05, 0) is 25.0 Å². The number of carbonyl (C=O) groups excluding carboxylic acids is 2. The molecule has 1 aromatic heterocycles. The molecule has 3 aromatic rings. The zero-order chi connectivity index (χ0) is 21.2. The van der Waals surface area contributed by atoms with Crippen molar-refractivity contribution in [2.75, 3.05) is 24.5 Å². The Kier molecular flexibility index (Phi) is 5.24. The van der Waals surface area contributed by atoms with Crippen molar-refractivity contribution in [3.05, 3.63) is 66.6 Å². The van der Waals surface area contributed by atoms with Crippen molar-refractivity contribution < 1.29 is 14.1 Å². The molecule has 3 heterocycles. The van der Waals surface area contributed by atoms with E-state index < -0.39 is 0 Å². The summed E-state index contributed by atoms with van der Waals surface area (Å²) in [7, 11) is 0. The van der Waals surface area contributed by atoms with Gasteiger partial charge in [0.05, 0.1) is 5.92 Å². The fourth-order valence-corrected chi connectivity index (χ4v) is 4.44. The molecule has 0 N–H and O–H groups in total. The minimum absolute atomic E-state index is 0.0127. The Labute approximate surface area is 180 Å². The molecular formula is C24H24N4O3. The van der Waals surface area contributed by atoms with Gasteiger partial charge in [0.25, 0.3) is 0 Å². The quantitative estimate of drug-likeness (QED) is 0.650. The number of carbonyl (C=O) groups is 2. The molecule has 7 nitrogen and oxygen atoms in total. The van der Waals surface area contributed by atoms with E-state index in [0.29, 0.717) is 31.3 Å². The topological polar surface area (TPSA) is 79.5 Å². The number of aromatic nitrogens is 2. The third kappa shape index (κ3) is 3.95. The van der Waals surface area contributed by atoms with E-state index >= 15 is 0 Å². The zero-order valence-electron chi connectivity index (χ0n) is 17.2. The lowest BCUT2D eigenvalue weighted by Gasteiger charge is -2.32. The molecule has 2 aliphatic heterocycles. The van der Waals surface area contributed by atoms with Gasteiger partial charge in [-0.15, -0.1) is 0 Å². The van der Waals surface area contributed by atoms with E-state index in [9.17, 15) is 9.59 Å². The molecular weight excluding hydrogens is 392 g/mol. The molecule has 5 rings (SSSR count). The van der Waals surface area contributed by atoms with E-state index in [0.717, 1.165) is 24.1 Å². The highest BCUT2D eigenvalue weighted by molar-refractivity contribution is 6.00. The van der Waals surface area contributed by atoms with Crippen molar-refractivity contribution in [1.82, 2.24) is 15.0 Å². The van der Waals surface area contributed by atoms with Crippen LogP contribution in [-0.4, -0.2) is 46.5 Å². The van der Waals surface area contributed by atoms with Gasteiger partial charge in [-0.3, -0.25) is 9.59 Å². The number of para-hydroxylation sites is 1. The first-order chi connectivity index (χ1) is 15.2. The van der Waals surface area contributed by atoms with E-state index in [-0.39, 0.29) is 30.1 Å². The average Bonchev–Trinajstić information content (AvgIpc) is 3.47. The van der Waals surface area contributed by atoms with Crippen LogP contribution in [0.5, 0.6) is 0 Å². The van der Waals surface area contributed by atoms with Crippen LogP contribution in [0.15, 0.2) is 65.2 Å². The molecule has 2 saturated heterocycles. The second-order valence-corrected chi connectivity index (χ2v) is 8.16. The zero-order valence-corrected chi connectivity index (χ0v) is 17.2. The standard InChI is InChI=1S/C24H24N4O3/c29-21-15-19(16-28(21)20-9-5-2-6-10-20)24(30)27-13-11-18(12-14-27)23-25-22(26-31-23)17-7-3-1-4-8-17/h1-10,18-19H,11-16H2/t19-/m0/s1. The molecule has 0 saturated carbocycles. The van der Waals surface area contributed by atoms with Crippen molar-refractivity contribution in [3.63, 3.8) is 0 Å². The van der Waals surface area contributed by atoms with E-state index in [1.807, 2.05) is 65.6 Å². The highest BCUT2D eigenvalue weighted by Gasteiger charge is 2.38. The van der Waals surface area contributed by atoms with Crippen LogP contribution >= 0.6 is 0 Å². The summed E-state index contributed by atoms with van der Waals surface area (Å²) in [6.45, 7) is 1.73. The molecule has 31 heavy (non-hydrogen) atoms. The Bertz CT molecular complexity index is 1060. The SMILES string of the molecule is O=C([C@H]1CC(=O)N(c2ccccc2)C1)N1CCC(c2nc(-c3ccccc3)no2)CC1. The lowest BCUT2D eigenvalue weighted by atomic mass is 9.95. The summed E-state index contributed by atoms with van der Waals surface area (Å²) in [5.41, 5.74) is 1.78. The van der Waals surface area contributed by atoms with Crippen molar-refractivity contribution in [3.8, 4) is 11.4 Å². The second-order valence-electron chi connectivity index (χ2n) is 8.16. The number of rotatable bonds is 4. The lowest BCUT2D eigenvalue weighted by Crippen LogP contribution is -2.42. The lowest BCUT2D eigenvalue weighted by molar-refractivity contribution is -0.136. The molecule has 2 aliphatic rings. The Morgan fingerprint density at radius 3 is 2.35 bits per heavy atom. The summed E-state index contributed by atoms with van der Waals surface area (Å²) in [5, 5.41) is 4.11. The third-order valence-corrected chi connectivity index (χ3v) is 6.17. The van der Waals surface area contributed by atoms with Crippen molar-refractivity contribution >= 4 is 17.5 Å². The van der Waals surface area contributed by atoms with Gasteiger partial charge < -0.3 is 14.3 Å². The van der Waals surface area contributed by atoms with E-state index in [1.54, 1.807) is 4.90 Å². The first-order valence-electron chi connectivity index (χ1n) is 10.7. The number of piperidine rings is 1. The maximum atomic E-state index is 13.1. The van der Waals surface area contributed by atoms with E-state index in [2.05, 4.69) is 10.1 Å². The third-order valence-electron chi connectivity index (χ3n) is 6.17. The van der Waals surface area contributed by atoms with Crippen LogP contribution in [0.4, 0.5) is 5.69 Å². The molecule has 0 bridgehead atoms. The first kappa shape index (κ1) is 19.5. The van der Waals surface area contributed by atoms with Gasteiger partial charge in [0, 0.05) is 43.2 Å². The summed E-state index contributed by atoms with van der Waals surface area (Å²) >= 11 is 0. The van der Waals surface area contributed by atoms with Crippen LogP contribution in [0.1, 0.15) is 31.1 Å². The second kappa shape index (κ2) is 8.34. The number of benzene rings is 2. The molecule has 158 valence electrons. The molecule has 0 radical (unpaired) electrons.